The first-order valence-electron chi connectivity index (χ1n) is 11.7. The number of halogens is 1. The highest BCUT2D eigenvalue weighted by molar-refractivity contribution is 14.0. The summed E-state index contributed by atoms with van der Waals surface area (Å²) in [5, 5.41) is 6.84. The predicted octanol–water partition coefficient (Wildman–Crippen LogP) is 3.89. The number of anilines is 1. The molecule has 0 bridgehead atoms. The molecule has 2 heterocycles. The minimum atomic E-state index is 0. The molecule has 8 heteroatoms. The van der Waals surface area contributed by atoms with Gasteiger partial charge in [-0.2, -0.15) is 0 Å². The van der Waals surface area contributed by atoms with E-state index in [9.17, 15) is 0 Å². The first-order chi connectivity index (χ1) is 15.7. The number of nitrogens with zero attached hydrogens (tertiary/aromatic N) is 3. The van der Waals surface area contributed by atoms with Crippen molar-refractivity contribution in [2.24, 2.45) is 10.9 Å². The van der Waals surface area contributed by atoms with E-state index in [1.165, 1.54) is 18.4 Å². The largest absolute Gasteiger partial charge is 0.493 e. The molecule has 1 aromatic heterocycles. The maximum Gasteiger partial charge on any atom is 0.191 e. The van der Waals surface area contributed by atoms with Crippen molar-refractivity contribution in [2.45, 2.75) is 39.8 Å². The van der Waals surface area contributed by atoms with Gasteiger partial charge in [-0.3, -0.25) is 0 Å². The lowest BCUT2D eigenvalue weighted by atomic mass is 10.1. The summed E-state index contributed by atoms with van der Waals surface area (Å²) in [5.41, 5.74) is 3.48. The lowest BCUT2D eigenvalue weighted by Gasteiger charge is -2.29. The highest BCUT2D eigenvalue weighted by atomic mass is 127. The van der Waals surface area contributed by atoms with Crippen LogP contribution < -0.4 is 20.3 Å². The Morgan fingerprint density at radius 2 is 2.00 bits per heavy atom. The second-order valence-corrected chi connectivity index (χ2v) is 8.50. The van der Waals surface area contributed by atoms with Crippen LogP contribution in [0.5, 0.6) is 5.75 Å². The van der Waals surface area contributed by atoms with E-state index in [2.05, 4.69) is 58.6 Å². The molecule has 180 valence electrons. The Morgan fingerprint density at radius 3 is 2.76 bits per heavy atom. The molecule has 1 saturated carbocycles. The standard InChI is InChI=1S/C25H35N5O2.HI/c1-3-26-25(28-16-21-9-6-19(2)15-23(21)32-18-20-7-8-20)29-17-22-5-4-10-27-24(22)30-11-13-31-14-12-30;/h4-6,9-10,15,20H,3,7-8,11-14,16-18H2,1-2H3,(H2,26,28,29);1H. The van der Waals surface area contributed by atoms with Crippen LogP contribution in [0.15, 0.2) is 41.5 Å². The van der Waals surface area contributed by atoms with Gasteiger partial charge in [0.15, 0.2) is 5.96 Å². The van der Waals surface area contributed by atoms with Crippen LogP contribution in [-0.2, 0) is 17.8 Å². The number of rotatable bonds is 9. The van der Waals surface area contributed by atoms with E-state index in [1.54, 1.807) is 0 Å². The van der Waals surface area contributed by atoms with Gasteiger partial charge in [0.05, 0.1) is 26.4 Å². The summed E-state index contributed by atoms with van der Waals surface area (Å²) in [6, 6.07) is 10.5. The van der Waals surface area contributed by atoms with Crippen molar-refractivity contribution in [3.05, 3.63) is 53.2 Å². The van der Waals surface area contributed by atoms with Gasteiger partial charge in [0.1, 0.15) is 11.6 Å². The van der Waals surface area contributed by atoms with Crippen LogP contribution >= 0.6 is 24.0 Å². The Balaban J connectivity index is 0.00000306. The number of aryl methyl sites for hydroxylation is 1. The molecule has 2 N–H and O–H groups in total. The maximum atomic E-state index is 6.11. The van der Waals surface area contributed by atoms with Gasteiger partial charge >= 0.3 is 0 Å². The normalized spacial score (nSPS) is 16.2. The Bertz CT molecular complexity index is 913. The molecule has 2 aromatic rings. The average Bonchev–Trinajstić information content (AvgIpc) is 3.66. The number of aromatic nitrogens is 1. The van der Waals surface area contributed by atoms with E-state index in [-0.39, 0.29) is 24.0 Å². The third kappa shape index (κ3) is 7.74. The van der Waals surface area contributed by atoms with Crippen molar-refractivity contribution < 1.29 is 9.47 Å². The molecule has 0 radical (unpaired) electrons. The Kier molecular flexibility index (Phi) is 10.1. The first kappa shape index (κ1) is 25.6. The molecular weight excluding hydrogens is 529 g/mol. The fourth-order valence-corrected chi connectivity index (χ4v) is 3.73. The van der Waals surface area contributed by atoms with Crippen molar-refractivity contribution in [3.63, 3.8) is 0 Å². The molecule has 7 nitrogen and oxygen atoms in total. The van der Waals surface area contributed by atoms with Gasteiger partial charge in [-0.15, -0.1) is 24.0 Å². The number of hydrogen-bond donors (Lipinski definition) is 2. The van der Waals surface area contributed by atoms with Crippen LogP contribution in [0.1, 0.15) is 36.5 Å². The van der Waals surface area contributed by atoms with E-state index in [1.807, 2.05) is 12.3 Å². The quantitative estimate of drug-likeness (QED) is 0.273. The summed E-state index contributed by atoms with van der Waals surface area (Å²) in [6.45, 7) is 10.2. The number of pyridine rings is 1. The van der Waals surface area contributed by atoms with Crippen molar-refractivity contribution in [1.82, 2.24) is 15.6 Å². The van der Waals surface area contributed by atoms with Crippen molar-refractivity contribution in [1.29, 1.82) is 0 Å². The SMILES string of the molecule is CCNC(=NCc1ccc(C)cc1OCC1CC1)NCc1cccnc1N1CCOCC1.I. The minimum absolute atomic E-state index is 0. The number of guanidine groups is 1. The number of ether oxygens (including phenoxy) is 2. The third-order valence-electron chi connectivity index (χ3n) is 5.77. The average molecular weight is 566 g/mol. The maximum absolute atomic E-state index is 6.11. The molecule has 1 aromatic carbocycles. The topological polar surface area (TPSA) is 71.0 Å². The number of aliphatic imine (C=N–C) groups is 1. The van der Waals surface area contributed by atoms with Crippen LogP contribution in [0.3, 0.4) is 0 Å². The van der Waals surface area contributed by atoms with Crippen molar-refractivity contribution >= 4 is 35.8 Å². The van der Waals surface area contributed by atoms with Crippen LogP contribution in [0.2, 0.25) is 0 Å². The highest BCUT2D eigenvalue weighted by Crippen LogP contribution is 2.31. The van der Waals surface area contributed by atoms with Crippen LogP contribution in [0, 0.1) is 12.8 Å². The summed E-state index contributed by atoms with van der Waals surface area (Å²) in [5.74, 6) is 3.50. The van der Waals surface area contributed by atoms with Crippen molar-refractivity contribution in [2.75, 3.05) is 44.4 Å². The molecule has 2 aliphatic rings. The highest BCUT2D eigenvalue weighted by Gasteiger charge is 2.22. The van der Waals surface area contributed by atoms with Crippen molar-refractivity contribution in [3.8, 4) is 5.75 Å². The molecular formula is C25H36IN5O2. The lowest BCUT2D eigenvalue weighted by molar-refractivity contribution is 0.122. The van der Waals surface area contributed by atoms with E-state index in [0.29, 0.717) is 13.1 Å². The molecule has 4 rings (SSSR count). The Labute approximate surface area is 214 Å². The monoisotopic (exact) mass is 565 g/mol. The molecule has 0 unspecified atom stereocenters. The van der Waals surface area contributed by atoms with Gasteiger partial charge in [0.25, 0.3) is 0 Å². The summed E-state index contributed by atoms with van der Waals surface area (Å²) >= 11 is 0. The van der Waals surface area contributed by atoms with Crippen LogP contribution in [-0.4, -0.2) is 50.4 Å². The van der Waals surface area contributed by atoms with Crippen LogP contribution in [0.25, 0.3) is 0 Å². The molecule has 0 atom stereocenters. The first-order valence-corrected chi connectivity index (χ1v) is 11.7. The lowest BCUT2D eigenvalue weighted by Crippen LogP contribution is -2.39. The van der Waals surface area contributed by atoms with Gasteiger partial charge in [0.2, 0.25) is 0 Å². The molecule has 0 spiro atoms. The molecule has 2 fully saturated rings. The van der Waals surface area contributed by atoms with Gasteiger partial charge in [-0.1, -0.05) is 18.2 Å². The van der Waals surface area contributed by atoms with E-state index >= 15 is 0 Å². The zero-order valence-electron chi connectivity index (χ0n) is 19.7. The fraction of sp³-hybridized carbons (Fsp3) is 0.520. The molecule has 33 heavy (non-hydrogen) atoms. The number of nitrogens with one attached hydrogen (secondary N) is 2. The van der Waals surface area contributed by atoms with Gasteiger partial charge < -0.3 is 25.0 Å². The minimum Gasteiger partial charge on any atom is -0.493 e. The van der Waals surface area contributed by atoms with Gasteiger partial charge in [-0.05, 0) is 50.3 Å². The second-order valence-electron chi connectivity index (χ2n) is 8.50. The zero-order chi connectivity index (χ0) is 22.2. The number of benzene rings is 1. The summed E-state index contributed by atoms with van der Waals surface area (Å²) in [6.07, 6.45) is 4.43. The predicted molar refractivity (Wildman–Crippen MR) is 144 cm³/mol. The Hall–Kier alpha value is -2.07. The Morgan fingerprint density at radius 1 is 1.18 bits per heavy atom. The molecule has 1 saturated heterocycles. The summed E-state index contributed by atoms with van der Waals surface area (Å²) in [4.78, 5) is 11.8. The molecule has 0 amide bonds. The molecule has 1 aliphatic heterocycles. The fourth-order valence-electron chi connectivity index (χ4n) is 3.73. The summed E-state index contributed by atoms with van der Waals surface area (Å²) < 4.78 is 11.6. The smallest absolute Gasteiger partial charge is 0.191 e. The number of morpholine rings is 1. The molecule has 1 aliphatic carbocycles. The second kappa shape index (κ2) is 13.0. The number of hydrogen-bond acceptors (Lipinski definition) is 5. The zero-order valence-corrected chi connectivity index (χ0v) is 22.0. The summed E-state index contributed by atoms with van der Waals surface area (Å²) in [7, 11) is 0. The third-order valence-corrected chi connectivity index (χ3v) is 5.77. The van der Waals surface area contributed by atoms with Crippen LogP contribution in [0.4, 0.5) is 5.82 Å². The van der Waals surface area contributed by atoms with E-state index in [0.717, 1.165) is 74.0 Å². The van der Waals surface area contributed by atoms with Gasteiger partial charge in [-0.25, -0.2) is 9.98 Å². The van der Waals surface area contributed by atoms with E-state index < -0.39 is 0 Å². The van der Waals surface area contributed by atoms with Gasteiger partial charge in [0, 0.05) is 43.5 Å². The van der Waals surface area contributed by atoms with E-state index in [4.69, 9.17) is 14.5 Å².